The maximum absolute atomic E-state index is 15.1. The van der Waals surface area contributed by atoms with Crippen LogP contribution in [0, 0.1) is 58.2 Å². The fourth-order valence-electron chi connectivity index (χ4n) is 4.39. The zero-order chi connectivity index (χ0) is 27.7. The van der Waals surface area contributed by atoms with Gasteiger partial charge in [-0.3, -0.25) is 0 Å². The van der Waals surface area contributed by atoms with Crippen molar-refractivity contribution in [2.45, 2.75) is 0 Å². The lowest BCUT2D eigenvalue weighted by atomic mass is 10.0. The Morgan fingerprint density at radius 3 is 1.21 bits per heavy atom. The van der Waals surface area contributed by atoms with E-state index in [-0.39, 0.29) is 16.2 Å². The maximum Gasteiger partial charge on any atom is 0.200 e. The highest BCUT2D eigenvalue weighted by molar-refractivity contribution is 7.85. The van der Waals surface area contributed by atoms with Crippen LogP contribution in [0.4, 0.5) is 43.9 Å². The van der Waals surface area contributed by atoms with Crippen molar-refractivity contribution in [1.82, 2.24) is 0 Å². The molecule has 0 N–H and O–H groups in total. The molecule has 0 unspecified atom stereocenters. The average Bonchev–Trinajstić information content (AvgIpc) is 2.92. The molecule has 0 heterocycles. The molecule has 5 aromatic rings. The first-order valence-electron chi connectivity index (χ1n) is 10.5. The van der Waals surface area contributed by atoms with Crippen LogP contribution in [0.3, 0.4) is 0 Å². The highest BCUT2D eigenvalue weighted by atomic mass is 31.2. The lowest BCUT2D eigenvalue weighted by Gasteiger charge is -2.25. The molecule has 0 aliphatic heterocycles. The standard InChI is InChI=1S/C26H9F10OP/c27-15-17(29)21(33)25(22(34)18(15)30)38(37,26-23(35)19(31)16(28)20(32)24(26)36)14-9-10-5-1-2-6-11(10)12-7-3-4-8-13(12)14/h1-9H. The van der Waals surface area contributed by atoms with Gasteiger partial charge in [-0.25, -0.2) is 43.9 Å². The molecule has 0 aliphatic carbocycles. The fourth-order valence-corrected chi connectivity index (χ4v) is 7.45. The van der Waals surface area contributed by atoms with E-state index in [4.69, 9.17) is 0 Å². The topological polar surface area (TPSA) is 17.1 Å². The molecule has 0 bridgehead atoms. The van der Waals surface area contributed by atoms with E-state index < -0.39 is 81.2 Å². The monoisotopic (exact) mass is 558 g/mol. The van der Waals surface area contributed by atoms with E-state index in [9.17, 15) is 30.9 Å². The quantitative estimate of drug-likeness (QED) is 0.0765. The van der Waals surface area contributed by atoms with Crippen LogP contribution < -0.4 is 15.9 Å². The molecule has 0 aromatic heterocycles. The van der Waals surface area contributed by atoms with Gasteiger partial charge in [0.05, 0.1) is 10.6 Å². The molecule has 0 radical (unpaired) electrons. The Morgan fingerprint density at radius 1 is 0.421 bits per heavy atom. The van der Waals surface area contributed by atoms with Gasteiger partial charge >= 0.3 is 0 Å². The third-order valence-electron chi connectivity index (χ3n) is 6.09. The Labute approximate surface area is 206 Å². The van der Waals surface area contributed by atoms with Crippen molar-refractivity contribution in [3.63, 3.8) is 0 Å². The van der Waals surface area contributed by atoms with Crippen molar-refractivity contribution < 1.29 is 48.5 Å². The normalized spacial score (nSPS) is 12.1. The smallest absolute Gasteiger partial charge is 0.200 e. The molecule has 0 aliphatic rings. The Kier molecular flexibility index (Phi) is 6.02. The second kappa shape index (κ2) is 8.87. The van der Waals surface area contributed by atoms with Crippen molar-refractivity contribution in [2.24, 2.45) is 0 Å². The van der Waals surface area contributed by atoms with Crippen molar-refractivity contribution in [2.75, 3.05) is 0 Å². The molecule has 12 heteroatoms. The van der Waals surface area contributed by atoms with Gasteiger partial charge in [0.1, 0.15) is 0 Å². The van der Waals surface area contributed by atoms with Gasteiger partial charge in [0.15, 0.2) is 53.7 Å². The van der Waals surface area contributed by atoms with Crippen molar-refractivity contribution in [3.8, 4) is 0 Å². The Hall–Kier alpha value is -3.85. The summed E-state index contributed by atoms with van der Waals surface area (Å²) in [6, 6.07) is 12.1. The number of benzene rings is 5. The van der Waals surface area contributed by atoms with Crippen LogP contribution in [0.15, 0.2) is 54.6 Å². The van der Waals surface area contributed by atoms with E-state index in [0.29, 0.717) is 5.39 Å². The molecule has 0 amide bonds. The second-order valence-corrected chi connectivity index (χ2v) is 10.7. The minimum absolute atomic E-state index is 0.120. The first kappa shape index (κ1) is 25.8. The molecule has 0 fully saturated rings. The Bertz CT molecular complexity index is 1740. The Morgan fingerprint density at radius 2 is 0.763 bits per heavy atom. The Balaban J connectivity index is 2.12. The molecule has 194 valence electrons. The van der Waals surface area contributed by atoms with E-state index in [1.54, 1.807) is 12.1 Å². The van der Waals surface area contributed by atoms with E-state index in [1.807, 2.05) is 0 Å². The second-order valence-electron chi connectivity index (χ2n) is 8.11. The van der Waals surface area contributed by atoms with Gasteiger partial charge in [0.25, 0.3) is 0 Å². The minimum Gasteiger partial charge on any atom is -0.308 e. The van der Waals surface area contributed by atoms with Gasteiger partial charge in [0, 0.05) is 5.30 Å². The fraction of sp³-hybridized carbons (Fsp3) is 0. The van der Waals surface area contributed by atoms with Gasteiger partial charge in [-0.1, -0.05) is 48.5 Å². The summed E-state index contributed by atoms with van der Waals surface area (Å²) in [6.45, 7) is 0. The van der Waals surface area contributed by atoms with Gasteiger partial charge in [-0.15, -0.1) is 0 Å². The number of hydrogen-bond donors (Lipinski definition) is 0. The lowest BCUT2D eigenvalue weighted by Crippen LogP contribution is -2.36. The maximum atomic E-state index is 15.1. The third kappa shape index (κ3) is 3.37. The van der Waals surface area contributed by atoms with Crippen LogP contribution in [0.2, 0.25) is 0 Å². The highest BCUT2D eigenvalue weighted by Crippen LogP contribution is 2.49. The van der Waals surface area contributed by atoms with Crippen molar-refractivity contribution in [1.29, 1.82) is 0 Å². The van der Waals surface area contributed by atoms with Crippen LogP contribution in [-0.4, -0.2) is 0 Å². The molecule has 0 saturated heterocycles. The summed E-state index contributed by atoms with van der Waals surface area (Å²) in [5, 5.41) is -4.98. The third-order valence-corrected chi connectivity index (χ3v) is 9.18. The molecule has 1 nitrogen and oxygen atoms in total. The molecule has 0 atom stereocenters. The predicted octanol–water partition coefficient (Wildman–Crippen LogP) is 7.02. The first-order valence-corrected chi connectivity index (χ1v) is 12.2. The number of hydrogen-bond acceptors (Lipinski definition) is 1. The molecular formula is C26H9F10OP. The summed E-state index contributed by atoms with van der Waals surface area (Å²) < 4.78 is 160. The van der Waals surface area contributed by atoms with Crippen molar-refractivity contribution >= 4 is 44.6 Å². The molecule has 5 rings (SSSR count). The van der Waals surface area contributed by atoms with Crippen LogP contribution >= 0.6 is 7.14 Å². The lowest BCUT2D eigenvalue weighted by molar-refractivity contribution is 0.381. The SMILES string of the molecule is O=P(c1c(F)c(F)c(F)c(F)c1F)(c1c(F)c(F)c(F)c(F)c1F)c1cc2ccccc2c2ccccc12. The summed E-state index contributed by atoms with van der Waals surface area (Å²) in [5.74, 6) is -26.9. The predicted molar refractivity (Wildman–Crippen MR) is 120 cm³/mol. The van der Waals surface area contributed by atoms with Gasteiger partial charge in [-0.2, -0.15) is 0 Å². The number of halogens is 10. The zero-order valence-corrected chi connectivity index (χ0v) is 19.2. The van der Waals surface area contributed by atoms with Crippen LogP contribution in [0.25, 0.3) is 21.5 Å². The first-order chi connectivity index (χ1) is 17.9. The average molecular weight is 558 g/mol. The van der Waals surface area contributed by atoms with E-state index in [1.165, 1.54) is 30.3 Å². The van der Waals surface area contributed by atoms with Crippen LogP contribution in [-0.2, 0) is 4.57 Å². The summed E-state index contributed by atoms with van der Waals surface area (Å²) in [5.41, 5.74) is 0. The number of rotatable bonds is 3. The number of fused-ring (bicyclic) bond motifs is 3. The van der Waals surface area contributed by atoms with Crippen LogP contribution in [0.5, 0.6) is 0 Å². The summed E-state index contributed by atoms with van der Waals surface area (Å²) >= 11 is 0. The summed E-state index contributed by atoms with van der Waals surface area (Å²) in [7, 11) is -6.12. The van der Waals surface area contributed by atoms with E-state index >= 15 is 17.6 Å². The zero-order valence-electron chi connectivity index (χ0n) is 18.3. The molecular weight excluding hydrogens is 549 g/mol. The van der Waals surface area contributed by atoms with Crippen molar-refractivity contribution in [3.05, 3.63) is 113 Å². The van der Waals surface area contributed by atoms with E-state index in [0.717, 1.165) is 12.1 Å². The molecule has 5 aromatic carbocycles. The van der Waals surface area contributed by atoms with Crippen LogP contribution in [0.1, 0.15) is 0 Å². The summed E-state index contributed by atoms with van der Waals surface area (Å²) in [6.07, 6.45) is 0. The summed E-state index contributed by atoms with van der Waals surface area (Å²) in [4.78, 5) is 0. The molecule has 0 saturated carbocycles. The molecule has 38 heavy (non-hydrogen) atoms. The van der Waals surface area contributed by atoms with Gasteiger partial charge in [-0.05, 0) is 27.6 Å². The minimum atomic E-state index is -6.12. The largest absolute Gasteiger partial charge is 0.308 e. The van der Waals surface area contributed by atoms with Gasteiger partial charge in [0.2, 0.25) is 11.6 Å². The van der Waals surface area contributed by atoms with Gasteiger partial charge < -0.3 is 4.57 Å². The highest BCUT2D eigenvalue weighted by Gasteiger charge is 2.47. The van der Waals surface area contributed by atoms with E-state index in [2.05, 4.69) is 0 Å². The molecule has 0 spiro atoms.